The lowest BCUT2D eigenvalue weighted by Gasteiger charge is -2.07. The Bertz CT molecular complexity index is 1330. The second-order valence-corrected chi connectivity index (χ2v) is 7.98. The maximum atomic E-state index is 12.5. The van der Waals surface area contributed by atoms with Gasteiger partial charge in [-0.2, -0.15) is 5.10 Å². The Morgan fingerprint density at radius 2 is 1.29 bits per heavy atom. The van der Waals surface area contributed by atoms with Gasteiger partial charge in [0.15, 0.2) is 0 Å². The summed E-state index contributed by atoms with van der Waals surface area (Å²) in [6.45, 7) is 3.79. The van der Waals surface area contributed by atoms with Gasteiger partial charge in [0.05, 0.1) is 5.71 Å². The fourth-order valence-corrected chi connectivity index (χ4v) is 3.49. The summed E-state index contributed by atoms with van der Waals surface area (Å²) in [5.41, 5.74) is 9.16. The summed E-state index contributed by atoms with van der Waals surface area (Å²) in [6, 6.07) is 32.3. The van der Waals surface area contributed by atoms with Gasteiger partial charge < -0.3 is 5.32 Å². The van der Waals surface area contributed by atoms with E-state index in [-0.39, 0.29) is 11.8 Å². The molecule has 5 heteroatoms. The van der Waals surface area contributed by atoms with Crippen LogP contribution >= 0.6 is 0 Å². The quantitative estimate of drug-likeness (QED) is 0.278. The standard InChI is InChI=1S/C29H25N3O2/c1-20-7-6-10-26(19-20)28(33)30-27-17-15-25(16-18-27)29(34)32-31-21(2)22-11-13-24(14-12-22)23-8-4-3-5-9-23/h3-19H,1-2H3,(H,30,33)(H,32,34). The van der Waals surface area contributed by atoms with Crippen molar-refractivity contribution in [2.75, 3.05) is 5.32 Å². The molecule has 0 heterocycles. The van der Waals surface area contributed by atoms with Crippen LogP contribution in [0, 0.1) is 6.92 Å². The largest absolute Gasteiger partial charge is 0.322 e. The van der Waals surface area contributed by atoms with Gasteiger partial charge in [-0.1, -0.05) is 72.3 Å². The third kappa shape index (κ3) is 5.64. The molecule has 5 nitrogen and oxygen atoms in total. The molecule has 0 saturated heterocycles. The third-order valence-electron chi connectivity index (χ3n) is 5.42. The number of nitrogens with zero attached hydrogens (tertiary/aromatic N) is 1. The van der Waals surface area contributed by atoms with Crippen LogP contribution in [-0.4, -0.2) is 17.5 Å². The van der Waals surface area contributed by atoms with Crippen molar-refractivity contribution in [1.82, 2.24) is 5.43 Å². The highest BCUT2D eigenvalue weighted by atomic mass is 16.2. The molecular formula is C29H25N3O2. The molecular weight excluding hydrogens is 422 g/mol. The average molecular weight is 448 g/mol. The monoisotopic (exact) mass is 447 g/mol. The van der Waals surface area contributed by atoms with E-state index in [4.69, 9.17) is 0 Å². The molecule has 168 valence electrons. The highest BCUT2D eigenvalue weighted by Crippen LogP contribution is 2.19. The minimum atomic E-state index is -0.322. The summed E-state index contributed by atoms with van der Waals surface area (Å²) < 4.78 is 0. The highest BCUT2D eigenvalue weighted by Gasteiger charge is 2.09. The Kier molecular flexibility index (Phi) is 6.94. The molecule has 0 unspecified atom stereocenters. The maximum Gasteiger partial charge on any atom is 0.271 e. The van der Waals surface area contributed by atoms with Crippen LogP contribution in [0.1, 0.15) is 38.8 Å². The van der Waals surface area contributed by atoms with Crippen LogP contribution in [0.15, 0.2) is 108 Å². The first-order valence-electron chi connectivity index (χ1n) is 11.0. The van der Waals surface area contributed by atoms with E-state index in [2.05, 4.69) is 28.0 Å². The number of hydrazone groups is 1. The zero-order chi connectivity index (χ0) is 23.9. The van der Waals surface area contributed by atoms with Gasteiger partial charge in [0.25, 0.3) is 11.8 Å². The number of benzene rings is 4. The molecule has 0 saturated carbocycles. The normalized spacial score (nSPS) is 11.1. The van der Waals surface area contributed by atoms with Gasteiger partial charge in [-0.15, -0.1) is 0 Å². The van der Waals surface area contributed by atoms with Gasteiger partial charge in [-0.3, -0.25) is 9.59 Å². The number of amides is 2. The minimum Gasteiger partial charge on any atom is -0.322 e. The Morgan fingerprint density at radius 3 is 1.97 bits per heavy atom. The fraction of sp³-hybridized carbons (Fsp3) is 0.0690. The predicted octanol–water partition coefficient (Wildman–Crippen LogP) is 6.07. The summed E-state index contributed by atoms with van der Waals surface area (Å²) >= 11 is 0. The van der Waals surface area contributed by atoms with E-state index in [9.17, 15) is 9.59 Å². The van der Waals surface area contributed by atoms with E-state index < -0.39 is 0 Å². The van der Waals surface area contributed by atoms with E-state index in [0.29, 0.717) is 22.5 Å². The molecule has 0 aliphatic heterocycles. The minimum absolute atomic E-state index is 0.195. The first-order chi connectivity index (χ1) is 16.5. The number of rotatable bonds is 6. The molecule has 0 aromatic heterocycles. The molecule has 4 rings (SSSR count). The molecule has 4 aromatic rings. The van der Waals surface area contributed by atoms with Crippen molar-refractivity contribution in [3.63, 3.8) is 0 Å². The summed E-state index contributed by atoms with van der Waals surface area (Å²) in [4.78, 5) is 24.9. The number of carbonyl (C=O) groups excluding carboxylic acids is 2. The topological polar surface area (TPSA) is 70.6 Å². The lowest BCUT2D eigenvalue weighted by Crippen LogP contribution is -2.19. The molecule has 0 spiro atoms. The van der Waals surface area contributed by atoms with Crippen molar-refractivity contribution in [2.24, 2.45) is 5.10 Å². The van der Waals surface area contributed by atoms with Crippen molar-refractivity contribution in [1.29, 1.82) is 0 Å². The van der Waals surface area contributed by atoms with Crippen LogP contribution in [0.5, 0.6) is 0 Å². The van der Waals surface area contributed by atoms with Crippen LogP contribution in [0.2, 0.25) is 0 Å². The molecule has 0 fully saturated rings. The molecule has 34 heavy (non-hydrogen) atoms. The lowest BCUT2D eigenvalue weighted by molar-refractivity contribution is 0.0954. The van der Waals surface area contributed by atoms with Crippen LogP contribution < -0.4 is 10.7 Å². The second-order valence-electron chi connectivity index (χ2n) is 7.98. The first-order valence-corrected chi connectivity index (χ1v) is 11.0. The zero-order valence-electron chi connectivity index (χ0n) is 19.1. The lowest BCUT2D eigenvalue weighted by atomic mass is 10.0. The van der Waals surface area contributed by atoms with E-state index in [1.807, 2.05) is 74.5 Å². The van der Waals surface area contributed by atoms with Gasteiger partial charge in [-0.25, -0.2) is 5.43 Å². The van der Waals surface area contributed by atoms with Gasteiger partial charge in [0.2, 0.25) is 0 Å². The van der Waals surface area contributed by atoms with Crippen LogP contribution in [0.25, 0.3) is 11.1 Å². The van der Waals surface area contributed by atoms with E-state index in [1.165, 1.54) is 0 Å². The molecule has 2 amide bonds. The van der Waals surface area contributed by atoms with Crippen LogP contribution in [0.4, 0.5) is 5.69 Å². The van der Waals surface area contributed by atoms with E-state index in [1.54, 1.807) is 30.3 Å². The average Bonchev–Trinajstić information content (AvgIpc) is 2.88. The summed E-state index contributed by atoms with van der Waals surface area (Å²) in [5.74, 6) is -0.517. The zero-order valence-corrected chi connectivity index (χ0v) is 19.1. The van der Waals surface area contributed by atoms with Gasteiger partial charge in [0.1, 0.15) is 0 Å². The molecule has 4 aromatic carbocycles. The predicted molar refractivity (Wildman–Crippen MR) is 137 cm³/mol. The molecule has 0 bridgehead atoms. The van der Waals surface area contributed by atoms with Crippen molar-refractivity contribution in [3.05, 3.63) is 125 Å². The number of anilines is 1. The van der Waals surface area contributed by atoms with E-state index in [0.717, 1.165) is 22.3 Å². The van der Waals surface area contributed by atoms with Crippen LogP contribution in [-0.2, 0) is 0 Å². The molecule has 0 aliphatic carbocycles. The molecule has 0 radical (unpaired) electrons. The Morgan fingerprint density at radius 1 is 0.647 bits per heavy atom. The van der Waals surface area contributed by atoms with Gasteiger partial charge >= 0.3 is 0 Å². The van der Waals surface area contributed by atoms with Crippen molar-refractivity contribution in [3.8, 4) is 11.1 Å². The first kappa shape index (κ1) is 22.7. The van der Waals surface area contributed by atoms with Crippen LogP contribution in [0.3, 0.4) is 0 Å². The second kappa shape index (κ2) is 10.4. The summed E-state index contributed by atoms with van der Waals surface area (Å²) in [6.07, 6.45) is 0. The number of hydrogen-bond acceptors (Lipinski definition) is 3. The van der Waals surface area contributed by atoms with Gasteiger partial charge in [0, 0.05) is 16.8 Å². The SMILES string of the molecule is CC(=NNC(=O)c1ccc(NC(=O)c2cccc(C)c2)cc1)c1ccc(-c2ccccc2)cc1. The number of nitrogens with one attached hydrogen (secondary N) is 2. The number of carbonyl (C=O) groups is 2. The Hall–Kier alpha value is -4.51. The number of aryl methyl sites for hydroxylation is 1. The summed E-state index contributed by atoms with van der Waals surface area (Å²) in [7, 11) is 0. The van der Waals surface area contributed by atoms with Crippen molar-refractivity contribution < 1.29 is 9.59 Å². The molecule has 0 aliphatic rings. The smallest absolute Gasteiger partial charge is 0.271 e. The van der Waals surface area contributed by atoms with Gasteiger partial charge in [-0.05, 0) is 66.9 Å². The third-order valence-corrected chi connectivity index (χ3v) is 5.42. The molecule has 2 N–H and O–H groups in total. The van der Waals surface area contributed by atoms with Crippen molar-refractivity contribution in [2.45, 2.75) is 13.8 Å². The maximum absolute atomic E-state index is 12.5. The fourth-order valence-electron chi connectivity index (χ4n) is 3.49. The number of hydrogen-bond donors (Lipinski definition) is 2. The van der Waals surface area contributed by atoms with Crippen molar-refractivity contribution >= 4 is 23.2 Å². The Labute approximate surface area is 199 Å². The Balaban J connectivity index is 1.36. The highest BCUT2D eigenvalue weighted by molar-refractivity contribution is 6.05. The molecule has 0 atom stereocenters. The summed E-state index contributed by atoms with van der Waals surface area (Å²) in [5, 5.41) is 7.08. The van der Waals surface area contributed by atoms with E-state index >= 15 is 0 Å².